The molecule has 4 nitrogen and oxygen atoms in total. The van der Waals surface area contributed by atoms with E-state index >= 15 is 0 Å². The third-order valence-corrected chi connectivity index (χ3v) is 5.18. The molecule has 0 saturated carbocycles. The molecule has 0 aliphatic carbocycles. The maximum Gasteiger partial charge on any atom is 0.408 e. The Hall–Kier alpha value is -1.20. The lowest BCUT2D eigenvalue weighted by molar-refractivity contribution is 0.0502. The third-order valence-electron chi connectivity index (χ3n) is 3.85. The van der Waals surface area contributed by atoms with Crippen molar-refractivity contribution in [1.29, 1.82) is 0 Å². The number of hydrogen-bond acceptors (Lipinski definition) is 4. The molecule has 0 aromatic heterocycles. The summed E-state index contributed by atoms with van der Waals surface area (Å²) in [7, 11) is 0. The van der Waals surface area contributed by atoms with E-state index in [9.17, 15) is 4.79 Å². The Balaban J connectivity index is 1.99. The van der Waals surface area contributed by atoms with Crippen LogP contribution in [0.2, 0.25) is 0 Å². The average molecular weight is 337 g/mol. The van der Waals surface area contributed by atoms with Gasteiger partial charge in [0.15, 0.2) is 0 Å². The molecule has 3 atom stereocenters. The summed E-state index contributed by atoms with van der Waals surface area (Å²) in [6, 6.07) is 10.5. The molecule has 0 spiro atoms. The van der Waals surface area contributed by atoms with E-state index in [0.717, 1.165) is 5.56 Å². The second-order valence-corrected chi connectivity index (χ2v) is 8.47. The maximum atomic E-state index is 12.1. The second kappa shape index (κ2) is 8.06. The number of amides is 1. The summed E-state index contributed by atoms with van der Waals surface area (Å²) < 4.78 is 5.40. The Kier molecular flexibility index (Phi) is 6.36. The molecule has 1 saturated heterocycles. The first-order chi connectivity index (χ1) is 10.8. The van der Waals surface area contributed by atoms with Crippen molar-refractivity contribution in [2.24, 2.45) is 0 Å². The zero-order valence-corrected chi connectivity index (χ0v) is 15.3. The van der Waals surface area contributed by atoms with Crippen LogP contribution in [0, 0.1) is 0 Å². The van der Waals surface area contributed by atoms with Crippen LogP contribution >= 0.6 is 11.8 Å². The van der Waals surface area contributed by atoms with Crippen molar-refractivity contribution in [3.63, 3.8) is 0 Å². The van der Waals surface area contributed by atoms with Gasteiger partial charge in [0.1, 0.15) is 5.60 Å². The SMILES string of the molecule is CC1SCCC1NCC(NC(=O)OC(C)(C)C)c1ccccc1. The van der Waals surface area contributed by atoms with E-state index in [-0.39, 0.29) is 12.1 Å². The minimum Gasteiger partial charge on any atom is -0.444 e. The van der Waals surface area contributed by atoms with Crippen LogP contribution in [0.15, 0.2) is 30.3 Å². The van der Waals surface area contributed by atoms with Gasteiger partial charge in [0.25, 0.3) is 0 Å². The van der Waals surface area contributed by atoms with Gasteiger partial charge in [-0.3, -0.25) is 0 Å². The number of hydrogen-bond donors (Lipinski definition) is 2. The van der Waals surface area contributed by atoms with Crippen LogP contribution < -0.4 is 10.6 Å². The van der Waals surface area contributed by atoms with E-state index in [1.807, 2.05) is 62.9 Å². The Labute approximate surface area is 143 Å². The number of rotatable bonds is 5. The maximum absolute atomic E-state index is 12.1. The molecule has 3 unspecified atom stereocenters. The first-order valence-electron chi connectivity index (χ1n) is 8.24. The average Bonchev–Trinajstić information content (AvgIpc) is 2.88. The molecule has 0 radical (unpaired) electrons. The molecule has 1 aromatic rings. The summed E-state index contributed by atoms with van der Waals surface area (Å²) >= 11 is 2.00. The summed E-state index contributed by atoms with van der Waals surface area (Å²) in [4.78, 5) is 12.1. The lowest BCUT2D eigenvalue weighted by Crippen LogP contribution is -2.43. The normalized spacial score (nSPS) is 22.6. The van der Waals surface area contributed by atoms with Gasteiger partial charge in [0.2, 0.25) is 0 Å². The van der Waals surface area contributed by atoms with Gasteiger partial charge in [0, 0.05) is 17.8 Å². The number of alkyl carbamates (subject to hydrolysis) is 1. The van der Waals surface area contributed by atoms with Crippen molar-refractivity contribution in [3.05, 3.63) is 35.9 Å². The van der Waals surface area contributed by atoms with Gasteiger partial charge in [-0.15, -0.1) is 0 Å². The van der Waals surface area contributed by atoms with Crippen LogP contribution in [0.5, 0.6) is 0 Å². The van der Waals surface area contributed by atoms with Crippen LogP contribution in [0.3, 0.4) is 0 Å². The summed E-state index contributed by atoms with van der Waals surface area (Å²) in [5.74, 6) is 1.20. The summed E-state index contributed by atoms with van der Waals surface area (Å²) in [5, 5.41) is 7.22. The predicted molar refractivity (Wildman–Crippen MR) is 96.9 cm³/mol. The van der Waals surface area contributed by atoms with Crippen molar-refractivity contribution < 1.29 is 9.53 Å². The molecule has 2 N–H and O–H groups in total. The Morgan fingerprint density at radius 3 is 2.61 bits per heavy atom. The molecule has 0 bridgehead atoms. The molecule has 1 heterocycles. The van der Waals surface area contributed by atoms with Crippen molar-refractivity contribution in [2.45, 2.75) is 57.1 Å². The number of ether oxygens (including phenoxy) is 1. The molecule has 1 aliphatic rings. The highest BCUT2D eigenvalue weighted by Gasteiger charge is 2.26. The molecule has 1 amide bonds. The number of benzene rings is 1. The Morgan fingerprint density at radius 1 is 1.35 bits per heavy atom. The zero-order chi connectivity index (χ0) is 16.9. The fraction of sp³-hybridized carbons (Fsp3) is 0.611. The molecule has 1 aromatic carbocycles. The van der Waals surface area contributed by atoms with Crippen molar-refractivity contribution in [3.8, 4) is 0 Å². The predicted octanol–water partition coefficient (Wildman–Crippen LogP) is 3.74. The monoisotopic (exact) mass is 336 g/mol. The van der Waals surface area contributed by atoms with Crippen molar-refractivity contribution in [2.75, 3.05) is 12.3 Å². The Morgan fingerprint density at radius 2 is 2.04 bits per heavy atom. The summed E-state index contributed by atoms with van der Waals surface area (Å²) in [5.41, 5.74) is 0.596. The number of nitrogens with one attached hydrogen (secondary N) is 2. The van der Waals surface area contributed by atoms with Gasteiger partial charge in [-0.05, 0) is 38.5 Å². The second-order valence-electron chi connectivity index (χ2n) is 6.99. The number of carbonyl (C=O) groups is 1. The smallest absolute Gasteiger partial charge is 0.408 e. The van der Waals surface area contributed by atoms with Crippen molar-refractivity contribution >= 4 is 17.9 Å². The van der Waals surface area contributed by atoms with Gasteiger partial charge in [-0.25, -0.2) is 4.79 Å². The molecule has 23 heavy (non-hydrogen) atoms. The first kappa shape index (κ1) is 18.1. The van der Waals surface area contributed by atoms with Crippen molar-refractivity contribution in [1.82, 2.24) is 10.6 Å². The zero-order valence-electron chi connectivity index (χ0n) is 14.5. The fourth-order valence-corrected chi connectivity index (χ4v) is 3.88. The van der Waals surface area contributed by atoms with Crippen LogP contribution in [0.1, 0.15) is 45.7 Å². The summed E-state index contributed by atoms with van der Waals surface area (Å²) in [6.45, 7) is 8.59. The minimum absolute atomic E-state index is 0.0937. The highest BCUT2D eigenvalue weighted by Crippen LogP contribution is 2.26. The van der Waals surface area contributed by atoms with E-state index in [2.05, 4.69) is 17.6 Å². The van der Waals surface area contributed by atoms with Crippen LogP contribution in [-0.4, -0.2) is 35.3 Å². The van der Waals surface area contributed by atoms with E-state index in [4.69, 9.17) is 4.74 Å². The van der Waals surface area contributed by atoms with E-state index in [1.165, 1.54) is 12.2 Å². The third kappa shape index (κ3) is 6.07. The first-order valence-corrected chi connectivity index (χ1v) is 9.29. The largest absolute Gasteiger partial charge is 0.444 e. The van der Waals surface area contributed by atoms with E-state index < -0.39 is 5.60 Å². The lowest BCUT2D eigenvalue weighted by Gasteiger charge is -2.26. The Bertz CT molecular complexity index is 501. The van der Waals surface area contributed by atoms with Gasteiger partial charge < -0.3 is 15.4 Å². The fourth-order valence-electron chi connectivity index (χ4n) is 2.66. The molecule has 5 heteroatoms. The molecular formula is C18H28N2O2S. The highest BCUT2D eigenvalue weighted by molar-refractivity contribution is 8.00. The highest BCUT2D eigenvalue weighted by atomic mass is 32.2. The van der Waals surface area contributed by atoms with Gasteiger partial charge >= 0.3 is 6.09 Å². The molecule has 1 aliphatic heterocycles. The molecule has 1 fully saturated rings. The molecule has 128 valence electrons. The van der Waals surface area contributed by atoms with Crippen LogP contribution in [0.4, 0.5) is 4.79 Å². The van der Waals surface area contributed by atoms with Gasteiger partial charge in [-0.1, -0.05) is 37.3 Å². The van der Waals surface area contributed by atoms with Gasteiger partial charge in [-0.2, -0.15) is 11.8 Å². The quantitative estimate of drug-likeness (QED) is 0.860. The number of carbonyl (C=O) groups excluding carboxylic acids is 1. The summed E-state index contributed by atoms with van der Waals surface area (Å²) in [6.07, 6.45) is 0.807. The standard InChI is InChI=1S/C18H28N2O2S/c1-13-15(10-11-23-13)19-12-16(14-8-6-5-7-9-14)20-17(21)22-18(2,3)4/h5-9,13,15-16,19H,10-12H2,1-4H3,(H,20,21). The van der Waals surface area contributed by atoms with E-state index in [0.29, 0.717) is 17.8 Å². The van der Waals surface area contributed by atoms with Crippen LogP contribution in [-0.2, 0) is 4.74 Å². The lowest BCUT2D eigenvalue weighted by atomic mass is 10.1. The number of thioether (sulfide) groups is 1. The van der Waals surface area contributed by atoms with Crippen LogP contribution in [0.25, 0.3) is 0 Å². The van der Waals surface area contributed by atoms with E-state index in [1.54, 1.807) is 0 Å². The topological polar surface area (TPSA) is 50.4 Å². The van der Waals surface area contributed by atoms with Gasteiger partial charge in [0.05, 0.1) is 6.04 Å². The molecular weight excluding hydrogens is 308 g/mol. The minimum atomic E-state index is -0.491. The molecule has 2 rings (SSSR count).